The van der Waals surface area contributed by atoms with Crippen LogP contribution >= 0.6 is 0 Å². The lowest BCUT2D eigenvalue weighted by Crippen LogP contribution is -2.19. The Hall–Kier alpha value is -2.23. The molecule has 1 fully saturated rings. The molecule has 0 aromatic heterocycles. The molecule has 1 aliphatic carbocycles. The van der Waals surface area contributed by atoms with E-state index in [4.69, 9.17) is 5.26 Å². The quantitative estimate of drug-likeness (QED) is 0.924. The van der Waals surface area contributed by atoms with Crippen LogP contribution in [-0.4, -0.2) is 18.7 Å². The summed E-state index contributed by atoms with van der Waals surface area (Å²) in [6.45, 7) is -1.46. The molecule has 0 atom stereocenters. The van der Waals surface area contributed by atoms with Crippen molar-refractivity contribution in [2.45, 2.75) is 19.0 Å². The Labute approximate surface area is 113 Å². The molecule has 0 radical (unpaired) electrons. The SMILES string of the molecule is N#Cc1cc(NC(=O)C2CC2)ccc1OCC(F)(F)F. The molecule has 0 unspecified atom stereocenters. The van der Waals surface area contributed by atoms with Crippen molar-refractivity contribution < 1.29 is 22.7 Å². The first-order chi connectivity index (χ1) is 9.39. The number of anilines is 1. The fourth-order valence-corrected chi connectivity index (χ4v) is 1.57. The predicted octanol–water partition coefficient (Wildman–Crippen LogP) is 2.85. The van der Waals surface area contributed by atoms with Crippen LogP contribution < -0.4 is 10.1 Å². The molecule has 7 heteroatoms. The van der Waals surface area contributed by atoms with Crippen LogP contribution in [0.2, 0.25) is 0 Å². The molecule has 0 spiro atoms. The summed E-state index contributed by atoms with van der Waals surface area (Å²) in [6, 6.07) is 5.70. The highest BCUT2D eigenvalue weighted by atomic mass is 19.4. The van der Waals surface area contributed by atoms with Gasteiger partial charge in [-0.3, -0.25) is 4.79 Å². The normalized spacial score (nSPS) is 14.5. The van der Waals surface area contributed by atoms with E-state index in [1.807, 2.05) is 0 Å². The van der Waals surface area contributed by atoms with Crippen LogP contribution in [0.3, 0.4) is 0 Å². The molecule has 106 valence electrons. The average Bonchev–Trinajstić information content (AvgIpc) is 3.20. The van der Waals surface area contributed by atoms with Crippen LogP contribution in [0, 0.1) is 17.2 Å². The van der Waals surface area contributed by atoms with Crippen LogP contribution in [0.15, 0.2) is 18.2 Å². The molecule has 4 nitrogen and oxygen atoms in total. The number of halogens is 3. The standard InChI is InChI=1S/C13H11F3N2O2/c14-13(15,16)7-20-11-4-3-10(5-9(11)6-17)18-12(19)8-1-2-8/h3-5,8H,1-2,7H2,(H,18,19). The van der Waals surface area contributed by atoms with Crippen LogP contribution in [0.5, 0.6) is 5.75 Å². The number of rotatable bonds is 4. The summed E-state index contributed by atoms with van der Waals surface area (Å²) in [7, 11) is 0. The lowest BCUT2D eigenvalue weighted by Gasteiger charge is -2.11. The molecule has 0 heterocycles. The zero-order valence-electron chi connectivity index (χ0n) is 10.3. The minimum Gasteiger partial charge on any atom is -0.483 e. The van der Waals surface area contributed by atoms with Gasteiger partial charge in [0, 0.05) is 11.6 Å². The third-order valence-electron chi connectivity index (χ3n) is 2.71. The van der Waals surface area contributed by atoms with Crippen molar-refractivity contribution in [2.24, 2.45) is 5.92 Å². The number of hydrogen-bond donors (Lipinski definition) is 1. The smallest absolute Gasteiger partial charge is 0.422 e. The third kappa shape index (κ3) is 3.88. The topological polar surface area (TPSA) is 62.1 Å². The van der Waals surface area contributed by atoms with E-state index in [1.54, 1.807) is 6.07 Å². The number of nitrogens with one attached hydrogen (secondary N) is 1. The monoisotopic (exact) mass is 284 g/mol. The van der Waals surface area contributed by atoms with Crippen molar-refractivity contribution in [3.05, 3.63) is 23.8 Å². The van der Waals surface area contributed by atoms with Gasteiger partial charge in [-0.05, 0) is 31.0 Å². The molecule has 1 aromatic rings. The highest BCUT2D eigenvalue weighted by molar-refractivity contribution is 5.94. The van der Waals surface area contributed by atoms with Gasteiger partial charge in [-0.2, -0.15) is 18.4 Å². The van der Waals surface area contributed by atoms with Crippen molar-refractivity contribution in [1.82, 2.24) is 0 Å². The van der Waals surface area contributed by atoms with Gasteiger partial charge in [-0.25, -0.2) is 0 Å². The fourth-order valence-electron chi connectivity index (χ4n) is 1.57. The van der Waals surface area contributed by atoms with Gasteiger partial charge in [0.1, 0.15) is 11.8 Å². The number of benzene rings is 1. The van der Waals surface area contributed by atoms with Gasteiger partial charge in [0.15, 0.2) is 6.61 Å². The largest absolute Gasteiger partial charge is 0.483 e. The first kappa shape index (κ1) is 14.2. The van der Waals surface area contributed by atoms with Gasteiger partial charge < -0.3 is 10.1 Å². The number of carbonyl (C=O) groups is 1. The second kappa shape index (κ2) is 5.41. The van der Waals surface area contributed by atoms with E-state index < -0.39 is 12.8 Å². The van der Waals surface area contributed by atoms with Gasteiger partial charge in [-0.1, -0.05) is 0 Å². The van der Waals surface area contributed by atoms with Gasteiger partial charge in [-0.15, -0.1) is 0 Å². The van der Waals surface area contributed by atoms with E-state index >= 15 is 0 Å². The number of amides is 1. The summed E-state index contributed by atoms with van der Waals surface area (Å²) < 4.78 is 40.7. The molecule has 2 rings (SSSR count). The Kier molecular flexibility index (Phi) is 3.84. The van der Waals surface area contributed by atoms with Crippen molar-refractivity contribution in [3.63, 3.8) is 0 Å². The highest BCUT2D eigenvalue weighted by Crippen LogP contribution is 2.31. The van der Waals surface area contributed by atoms with Crippen LogP contribution in [0.4, 0.5) is 18.9 Å². The molecule has 1 aliphatic rings. The Balaban J connectivity index is 2.07. The third-order valence-corrected chi connectivity index (χ3v) is 2.71. The predicted molar refractivity (Wildman–Crippen MR) is 64.1 cm³/mol. The van der Waals surface area contributed by atoms with Crippen LogP contribution in [-0.2, 0) is 4.79 Å². The maximum Gasteiger partial charge on any atom is 0.422 e. The number of carbonyl (C=O) groups excluding carboxylic acids is 1. The number of nitrogens with zero attached hydrogens (tertiary/aromatic N) is 1. The van der Waals surface area contributed by atoms with Gasteiger partial charge in [0.25, 0.3) is 0 Å². The van der Waals surface area contributed by atoms with E-state index in [-0.39, 0.29) is 23.1 Å². The lowest BCUT2D eigenvalue weighted by molar-refractivity contribution is -0.153. The number of hydrogen-bond acceptors (Lipinski definition) is 3. The molecule has 0 saturated heterocycles. The summed E-state index contributed by atoms with van der Waals surface area (Å²) in [5.41, 5.74) is 0.320. The summed E-state index contributed by atoms with van der Waals surface area (Å²) in [5, 5.41) is 11.5. The first-order valence-corrected chi connectivity index (χ1v) is 5.93. The van der Waals surface area contributed by atoms with Crippen molar-refractivity contribution in [2.75, 3.05) is 11.9 Å². The second-order valence-electron chi connectivity index (χ2n) is 4.49. The summed E-state index contributed by atoms with van der Waals surface area (Å²) >= 11 is 0. The Morgan fingerprint density at radius 3 is 2.70 bits per heavy atom. The fraction of sp³-hybridized carbons (Fsp3) is 0.385. The molecule has 0 aliphatic heterocycles. The van der Waals surface area contributed by atoms with E-state index in [1.165, 1.54) is 18.2 Å². The Morgan fingerprint density at radius 2 is 2.15 bits per heavy atom. The van der Waals surface area contributed by atoms with Gasteiger partial charge >= 0.3 is 6.18 Å². The molecule has 20 heavy (non-hydrogen) atoms. The molecular weight excluding hydrogens is 273 g/mol. The van der Waals surface area contributed by atoms with Gasteiger partial charge in [0.2, 0.25) is 5.91 Å². The van der Waals surface area contributed by atoms with E-state index in [2.05, 4.69) is 10.1 Å². The van der Waals surface area contributed by atoms with E-state index in [0.717, 1.165) is 12.8 Å². The molecular formula is C13H11F3N2O2. The molecule has 1 N–H and O–H groups in total. The van der Waals surface area contributed by atoms with Crippen LogP contribution in [0.1, 0.15) is 18.4 Å². The van der Waals surface area contributed by atoms with Crippen molar-refractivity contribution in [3.8, 4) is 11.8 Å². The molecule has 1 saturated carbocycles. The zero-order chi connectivity index (χ0) is 14.8. The minimum absolute atomic E-state index is 0.00157. The number of ether oxygens (including phenoxy) is 1. The molecule has 1 aromatic carbocycles. The van der Waals surface area contributed by atoms with Crippen molar-refractivity contribution in [1.29, 1.82) is 5.26 Å². The lowest BCUT2D eigenvalue weighted by atomic mass is 10.2. The van der Waals surface area contributed by atoms with Crippen molar-refractivity contribution >= 4 is 11.6 Å². The summed E-state index contributed by atoms with van der Waals surface area (Å²) in [4.78, 5) is 11.5. The zero-order valence-corrected chi connectivity index (χ0v) is 10.3. The minimum atomic E-state index is -4.47. The maximum absolute atomic E-state index is 12.1. The Bertz CT molecular complexity index is 560. The van der Waals surface area contributed by atoms with E-state index in [0.29, 0.717) is 5.69 Å². The Morgan fingerprint density at radius 1 is 1.45 bits per heavy atom. The first-order valence-electron chi connectivity index (χ1n) is 5.93. The molecule has 0 bridgehead atoms. The van der Waals surface area contributed by atoms with Crippen LogP contribution in [0.25, 0.3) is 0 Å². The summed E-state index contributed by atoms with van der Waals surface area (Å²) in [6.07, 6.45) is -2.79. The van der Waals surface area contributed by atoms with E-state index in [9.17, 15) is 18.0 Å². The average molecular weight is 284 g/mol. The second-order valence-corrected chi connectivity index (χ2v) is 4.49. The number of alkyl halides is 3. The highest BCUT2D eigenvalue weighted by Gasteiger charge is 2.30. The summed E-state index contributed by atoms with van der Waals surface area (Å²) in [5.74, 6) is -0.297. The van der Waals surface area contributed by atoms with Gasteiger partial charge in [0.05, 0.1) is 5.56 Å². The maximum atomic E-state index is 12.1. The molecule has 1 amide bonds. The number of nitriles is 1.